The summed E-state index contributed by atoms with van der Waals surface area (Å²) in [7, 11) is 0. The largest absolute Gasteiger partial charge is 0.356 e. The summed E-state index contributed by atoms with van der Waals surface area (Å²) < 4.78 is 0. The zero-order valence-corrected chi connectivity index (χ0v) is 7.45. The van der Waals surface area contributed by atoms with Crippen LogP contribution in [0.1, 0.15) is 19.8 Å². The molecule has 1 aliphatic rings. The number of amides is 1. The quantitative estimate of drug-likeness (QED) is 0.614. The van der Waals surface area contributed by atoms with Crippen molar-refractivity contribution in [3.8, 4) is 0 Å². The molecule has 0 aromatic rings. The number of nitrogens with one attached hydrogen (secondary N) is 1. The molecule has 1 aliphatic heterocycles. The summed E-state index contributed by atoms with van der Waals surface area (Å²) in [5.74, 6) is 0. The minimum Gasteiger partial charge on any atom is -0.356 e. The van der Waals surface area contributed by atoms with Crippen LogP contribution in [0.15, 0.2) is 0 Å². The Hall–Kier alpha value is -0.610. The van der Waals surface area contributed by atoms with Crippen LogP contribution < -0.4 is 5.32 Å². The zero-order valence-electron chi connectivity index (χ0n) is 7.45. The SMILES string of the molecule is CCON1CCC(NC=O)CC1. The Labute approximate surface area is 72.8 Å². The minimum atomic E-state index is 0.346. The number of rotatable bonds is 4. The highest BCUT2D eigenvalue weighted by Crippen LogP contribution is 2.09. The third kappa shape index (κ3) is 2.79. The molecule has 0 bridgehead atoms. The van der Waals surface area contributed by atoms with Crippen LogP contribution in [0.25, 0.3) is 0 Å². The lowest BCUT2D eigenvalue weighted by atomic mass is 10.1. The van der Waals surface area contributed by atoms with Crippen LogP contribution in [0.4, 0.5) is 0 Å². The van der Waals surface area contributed by atoms with Crippen LogP contribution in [0.2, 0.25) is 0 Å². The topological polar surface area (TPSA) is 41.6 Å². The Kier molecular flexibility index (Phi) is 4.04. The van der Waals surface area contributed by atoms with Crippen molar-refractivity contribution >= 4 is 6.41 Å². The molecule has 4 nitrogen and oxygen atoms in total. The Bertz CT molecular complexity index is 133. The van der Waals surface area contributed by atoms with E-state index in [1.54, 1.807) is 0 Å². The van der Waals surface area contributed by atoms with Gasteiger partial charge in [0.15, 0.2) is 0 Å². The highest BCUT2D eigenvalue weighted by molar-refractivity contribution is 5.46. The molecule has 4 heteroatoms. The van der Waals surface area contributed by atoms with E-state index < -0.39 is 0 Å². The molecule has 1 amide bonds. The van der Waals surface area contributed by atoms with E-state index in [4.69, 9.17) is 4.84 Å². The van der Waals surface area contributed by atoms with Crippen LogP contribution in [0.3, 0.4) is 0 Å². The first-order chi connectivity index (χ1) is 5.86. The van der Waals surface area contributed by atoms with E-state index in [0.717, 1.165) is 38.9 Å². The van der Waals surface area contributed by atoms with Crippen molar-refractivity contribution in [3.63, 3.8) is 0 Å². The lowest BCUT2D eigenvalue weighted by Gasteiger charge is -2.30. The standard InChI is InChI=1S/C8H16N2O2/c1-2-12-10-5-3-8(4-6-10)9-7-11/h7-8H,2-6H2,1H3,(H,9,11). The van der Waals surface area contributed by atoms with Gasteiger partial charge in [0, 0.05) is 19.1 Å². The normalized spacial score (nSPS) is 20.8. The molecule has 1 heterocycles. The van der Waals surface area contributed by atoms with E-state index in [2.05, 4.69) is 5.32 Å². The maximum Gasteiger partial charge on any atom is 0.207 e. The van der Waals surface area contributed by atoms with E-state index in [-0.39, 0.29) is 0 Å². The van der Waals surface area contributed by atoms with Crippen LogP contribution >= 0.6 is 0 Å². The second-order valence-corrected chi connectivity index (χ2v) is 2.91. The molecule has 1 rings (SSSR count). The lowest BCUT2D eigenvalue weighted by Crippen LogP contribution is -2.41. The van der Waals surface area contributed by atoms with Gasteiger partial charge in [-0.25, -0.2) is 0 Å². The van der Waals surface area contributed by atoms with Gasteiger partial charge in [-0.1, -0.05) is 0 Å². The van der Waals surface area contributed by atoms with E-state index in [1.165, 1.54) is 0 Å². The van der Waals surface area contributed by atoms with Gasteiger partial charge < -0.3 is 5.32 Å². The molecule has 0 aliphatic carbocycles. The minimum absolute atomic E-state index is 0.346. The first-order valence-electron chi connectivity index (χ1n) is 4.44. The first-order valence-corrected chi connectivity index (χ1v) is 4.44. The Morgan fingerprint density at radius 3 is 2.75 bits per heavy atom. The predicted molar refractivity (Wildman–Crippen MR) is 45.4 cm³/mol. The summed E-state index contributed by atoms with van der Waals surface area (Å²) in [5.41, 5.74) is 0. The average Bonchev–Trinajstić information content (AvgIpc) is 2.09. The zero-order chi connectivity index (χ0) is 8.81. The number of piperidine rings is 1. The van der Waals surface area contributed by atoms with Crippen molar-refractivity contribution in [2.75, 3.05) is 19.7 Å². The summed E-state index contributed by atoms with van der Waals surface area (Å²) in [4.78, 5) is 15.5. The third-order valence-electron chi connectivity index (χ3n) is 2.07. The van der Waals surface area contributed by atoms with Crippen molar-refractivity contribution in [1.82, 2.24) is 10.4 Å². The summed E-state index contributed by atoms with van der Waals surface area (Å²) in [5, 5.41) is 4.75. The summed E-state index contributed by atoms with van der Waals surface area (Å²) in [6.07, 6.45) is 2.75. The van der Waals surface area contributed by atoms with Crippen LogP contribution in [0, 0.1) is 0 Å². The van der Waals surface area contributed by atoms with Gasteiger partial charge in [0.1, 0.15) is 0 Å². The highest BCUT2D eigenvalue weighted by atomic mass is 16.7. The molecule has 0 aromatic carbocycles. The Morgan fingerprint density at radius 2 is 2.25 bits per heavy atom. The molecule has 0 aromatic heterocycles. The summed E-state index contributed by atoms with van der Waals surface area (Å²) >= 11 is 0. The summed E-state index contributed by atoms with van der Waals surface area (Å²) in [6.45, 7) is 4.54. The van der Waals surface area contributed by atoms with Crippen LogP contribution in [-0.2, 0) is 9.63 Å². The maximum atomic E-state index is 10.1. The molecule has 0 radical (unpaired) electrons. The molecular weight excluding hydrogens is 156 g/mol. The number of nitrogens with zero attached hydrogens (tertiary/aromatic N) is 1. The molecule has 70 valence electrons. The Balaban J connectivity index is 2.15. The monoisotopic (exact) mass is 172 g/mol. The van der Waals surface area contributed by atoms with Crippen molar-refractivity contribution < 1.29 is 9.63 Å². The number of carbonyl (C=O) groups excluding carboxylic acids is 1. The number of hydroxylamine groups is 2. The fraction of sp³-hybridized carbons (Fsp3) is 0.875. The predicted octanol–water partition coefficient (Wildman–Crippen LogP) is 0.148. The van der Waals surface area contributed by atoms with Crippen molar-refractivity contribution in [3.05, 3.63) is 0 Å². The number of hydrogen-bond acceptors (Lipinski definition) is 3. The van der Waals surface area contributed by atoms with Crippen LogP contribution in [-0.4, -0.2) is 37.2 Å². The van der Waals surface area contributed by atoms with E-state index in [1.807, 2.05) is 12.0 Å². The molecule has 1 fully saturated rings. The Morgan fingerprint density at radius 1 is 1.58 bits per heavy atom. The lowest BCUT2D eigenvalue weighted by molar-refractivity contribution is -0.166. The van der Waals surface area contributed by atoms with Gasteiger partial charge in [0.05, 0.1) is 6.61 Å². The molecule has 0 saturated carbocycles. The van der Waals surface area contributed by atoms with Crippen molar-refractivity contribution in [1.29, 1.82) is 0 Å². The maximum absolute atomic E-state index is 10.1. The van der Waals surface area contributed by atoms with Gasteiger partial charge in [0.2, 0.25) is 6.41 Å². The van der Waals surface area contributed by atoms with Crippen LogP contribution in [0.5, 0.6) is 0 Å². The number of hydrogen-bond donors (Lipinski definition) is 1. The van der Waals surface area contributed by atoms with Gasteiger partial charge in [-0.15, -0.1) is 0 Å². The second-order valence-electron chi connectivity index (χ2n) is 2.91. The summed E-state index contributed by atoms with van der Waals surface area (Å²) in [6, 6.07) is 0.346. The molecule has 0 atom stereocenters. The van der Waals surface area contributed by atoms with Crippen molar-refractivity contribution in [2.24, 2.45) is 0 Å². The van der Waals surface area contributed by atoms with Gasteiger partial charge >= 0.3 is 0 Å². The highest BCUT2D eigenvalue weighted by Gasteiger charge is 2.18. The second kappa shape index (κ2) is 5.11. The molecular formula is C8H16N2O2. The van der Waals surface area contributed by atoms with E-state index >= 15 is 0 Å². The molecule has 1 N–H and O–H groups in total. The fourth-order valence-corrected chi connectivity index (χ4v) is 1.43. The third-order valence-corrected chi connectivity index (χ3v) is 2.07. The van der Waals surface area contributed by atoms with E-state index in [0.29, 0.717) is 6.04 Å². The average molecular weight is 172 g/mol. The molecule has 0 spiro atoms. The molecule has 1 saturated heterocycles. The fourth-order valence-electron chi connectivity index (χ4n) is 1.43. The van der Waals surface area contributed by atoms with Gasteiger partial charge in [-0.05, 0) is 19.8 Å². The van der Waals surface area contributed by atoms with E-state index in [9.17, 15) is 4.79 Å². The molecule has 0 unspecified atom stereocenters. The smallest absolute Gasteiger partial charge is 0.207 e. The number of carbonyl (C=O) groups is 1. The van der Waals surface area contributed by atoms with Gasteiger partial charge in [-0.2, -0.15) is 5.06 Å². The molecule has 12 heavy (non-hydrogen) atoms. The first kappa shape index (κ1) is 9.48. The van der Waals surface area contributed by atoms with Gasteiger partial charge in [0.25, 0.3) is 0 Å². The van der Waals surface area contributed by atoms with Gasteiger partial charge in [-0.3, -0.25) is 9.63 Å². The van der Waals surface area contributed by atoms with Crippen molar-refractivity contribution in [2.45, 2.75) is 25.8 Å².